The number of aliphatic hydroxyl groups excluding tert-OH is 1. The van der Waals surface area contributed by atoms with Crippen LogP contribution in [0.3, 0.4) is 0 Å². The van der Waals surface area contributed by atoms with Crippen LogP contribution in [0.1, 0.15) is 18.9 Å². The summed E-state index contributed by atoms with van der Waals surface area (Å²) in [6, 6.07) is 2.87. The van der Waals surface area contributed by atoms with E-state index in [1.807, 2.05) is 30.5 Å². The van der Waals surface area contributed by atoms with E-state index in [4.69, 9.17) is 5.73 Å². The number of H-pyrrole nitrogens is 1. The third-order valence-electron chi connectivity index (χ3n) is 5.55. The van der Waals surface area contributed by atoms with Crippen molar-refractivity contribution >= 4 is 59.0 Å². The number of benzene rings is 1. The number of hydrogen-bond donors (Lipinski definition) is 8. The lowest BCUT2D eigenvalue weighted by Crippen LogP contribution is -2.60. The van der Waals surface area contributed by atoms with Gasteiger partial charge in [0, 0.05) is 22.9 Å². The average Bonchev–Trinajstić information content (AvgIpc) is 3.25. The predicted molar refractivity (Wildman–Crippen MR) is 142 cm³/mol. The third-order valence-corrected chi connectivity index (χ3v) is 6.56. The van der Waals surface area contributed by atoms with Crippen molar-refractivity contribution in [3.63, 3.8) is 0 Å². The number of carboxylic acid groups (broad SMARTS) is 1. The predicted octanol–water partition coefficient (Wildman–Crippen LogP) is -0.360. The van der Waals surface area contributed by atoms with Gasteiger partial charge in [0.25, 0.3) is 0 Å². The van der Waals surface area contributed by atoms with E-state index in [1.54, 1.807) is 6.20 Å². The Morgan fingerprint density at radius 1 is 1.08 bits per heavy atom. The number of para-hydroxylation sites is 1. The average molecular weight is 540 g/mol. The van der Waals surface area contributed by atoms with Gasteiger partial charge >= 0.3 is 5.97 Å². The van der Waals surface area contributed by atoms with Crippen molar-refractivity contribution in [3.05, 3.63) is 36.0 Å². The number of aromatic nitrogens is 1. The maximum atomic E-state index is 13.0. The number of amides is 3. The summed E-state index contributed by atoms with van der Waals surface area (Å²) in [6.07, 6.45) is 2.70. The van der Waals surface area contributed by atoms with Gasteiger partial charge in [-0.3, -0.25) is 14.4 Å². The second-order valence-electron chi connectivity index (χ2n) is 8.32. The van der Waals surface area contributed by atoms with Crippen LogP contribution < -0.4 is 21.7 Å². The normalized spacial score (nSPS) is 15.4. The number of aliphatic hydroxyl groups is 1. The summed E-state index contributed by atoms with van der Waals surface area (Å²) in [6.45, 7) is 1.33. The van der Waals surface area contributed by atoms with Crippen LogP contribution in [0, 0.1) is 0 Å². The van der Waals surface area contributed by atoms with Crippen LogP contribution in [-0.4, -0.2) is 86.9 Å². The second-order valence-corrected chi connectivity index (χ2v) is 9.67. The SMILES string of the molecule is CSCCC(NC(=O)C(NC(=O)C(N)Cc1c[nH]c2ccccc12)C(C)O)C(=O)NC(CS)C(=O)O. The largest absolute Gasteiger partial charge is 0.480 e. The van der Waals surface area contributed by atoms with Gasteiger partial charge in [-0.1, -0.05) is 18.2 Å². The first kappa shape index (κ1) is 29.5. The summed E-state index contributed by atoms with van der Waals surface area (Å²) in [4.78, 5) is 52.7. The lowest BCUT2D eigenvalue weighted by Gasteiger charge is -2.26. The minimum Gasteiger partial charge on any atom is -0.480 e. The van der Waals surface area contributed by atoms with Crippen molar-refractivity contribution in [3.8, 4) is 0 Å². The highest BCUT2D eigenvalue weighted by atomic mass is 32.2. The van der Waals surface area contributed by atoms with Crippen molar-refractivity contribution in [1.29, 1.82) is 0 Å². The molecule has 36 heavy (non-hydrogen) atoms. The molecule has 13 heteroatoms. The van der Waals surface area contributed by atoms with Crippen molar-refractivity contribution in [2.75, 3.05) is 17.8 Å². The van der Waals surface area contributed by atoms with Gasteiger partial charge in [-0.05, 0) is 43.4 Å². The fourth-order valence-corrected chi connectivity index (χ4v) is 4.24. The fourth-order valence-electron chi connectivity index (χ4n) is 3.52. The van der Waals surface area contributed by atoms with Gasteiger partial charge in [0.05, 0.1) is 12.1 Å². The second kappa shape index (κ2) is 14.1. The number of nitrogens with one attached hydrogen (secondary N) is 4. The molecule has 8 N–H and O–H groups in total. The summed E-state index contributed by atoms with van der Waals surface area (Å²) in [5.74, 6) is -3.04. The zero-order valence-electron chi connectivity index (χ0n) is 20.1. The molecule has 0 spiro atoms. The van der Waals surface area contributed by atoms with Gasteiger partial charge in [-0.2, -0.15) is 24.4 Å². The van der Waals surface area contributed by atoms with Gasteiger partial charge in [0.15, 0.2) is 0 Å². The van der Waals surface area contributed by atoms with Crippen molar-refractivity contribution in [2.24, 2.45) is 5.73 Å². The molecule has 3 amide bonds. The highest BCUT2D eigenvalue weighted by molar-refractivity contribution is 7.98. The van der Waals surface area contributed by atoms with Crippen molar-refractivity contribution in [1.82, 2.24) is 20.9 Å². The molecule has 0 saturated heterocycles. The summed E-state index contributed by atoms with van der Waals surface area (Å²) < 4.78 is 0. The minimum atomic E-state index is -1.38. The van der Waals surface area contributed by atoms with Crippen LogP contribution in [0.15, 0.2) is 30.5 Å². The van der Waals surface area contributed by atoms with Crippen LogP contribution in [0.4, 0.5) is 0 Å². The number of carbonyl (C=O) groups is 4. The topological polar surface area (TPSA) is 187 Å². The molecule has 198 valence electrons. The summed E-state index contributed by atoms with van der Waals surface area (Å²) >= 11 is 5.36. The number of carbonyl (C=O) groups excluding carboxylic acids is 3. The number of hydrogen-bond acceptors (Lipinski definition) is 8. The van der Waals surface area contributed by atoms with E-state index in [9.17, 15) is 29.4 Å². The zero-order chi connectivity index (χ0) is 26.8. The van der Waals surface area contributed by atoms with Crippen LogP contribution in [-0.2, 0) is 25.6 Å². The van der Waals surface area contributed by atoms with Crippen molar-refractivity contribution in [2.45, 2.75) is 50.0 Å². The smallest absolute Gasteiger partial charge is 0.327 e. The Kier molecular flexibility index (Phi) is 11.6. The van der Waals surface area contributed by atoms with E-state index >= 15 is 0 Å². The van der Waals surface area contributed by atoms with E-state index in [-0.39, 0.29) is 18.6 Å². The molecule has 0 aliphatic heterocycles. The Labute approximate surface area is 218 Å². The molecule has 0 aliphatic carbocycles. The number of nitrogens with two attached hydrogens (primary N) is 1. The molecule has 5 unspecified atom stereocenters. The monoisotopic (exact) mass is 539 g/mol. The van der Waals surface area contributed by atoms with E-state index < -0.39 is 54.0 Å². The summed E-state index contributed by atoms with van der Waals surface area (Å²) in [7, 11) is 0. The maximum Gasteiger partial charge on any atom is 0.327 e. The Hall–Kier alpha value is -2.74. The number of fused-ring (bicyclic) bond motifs is 1. The lowest BCUT2D eigenvalue weighted by atomic mass is 10.0. The van der Waals surface area contributed by atoms with Gasteiger partial charge in [-0.25, -0.2) is 4.79 Å². The zero-order valence-corrected chi connectivity index (χ0v) is 21.8. The highest BCUT2D eigenvalue weighted by Crippen LogP contribution is 2.18. The third kappa shape index (κ3) is 8.15. The molecule has 0 bridgehead atoms. The molecule has 0 fully saturated rings. The molecule has 1 heterocycles. The molecule has 0 aliphatic rings. The molecule has 0 radical (unpaired) electrons. The summed E-state index contributed by atoms with van der Waals surface area (Å²) in [5, 5.41) is 27.6. The van der Waals surface area contributed by atoms with Gasteiger partial charge in [0.2, 0.25) is 17.7 Å². The Balaban J connectivity index is 2.07. The molecule has 11 nitrogen and oxygen atoms in total. The van der Waals surface area contributed by atoms with Crippen LogP contribution in [0.25, 0.3) is 10.9 Å². The molecule has 2 rings (SSSR count). The number of thioether (sulfide) groups is 1. The highest BCUT2D eigenvalue weighted by Gasteiger charge is 2.32. The van der Waals surface area contributed by atoms with E-state index in [0.717, 1.165) is 16.5 Å². The molecule has 0 saturated carbocycles. The van der Waals surface area contributed by atoms with Crippen molar-refractivity contribution < 1.29 is 29.4 Å². The number of thiol groups is 1. The quantitative estimate of drug-likeness (QED) is 0.150. The first-order valence-corrected chi connectivity index (χ1v) is 13.3. The first-order valence-electron chi connectivity index (χ1n) is 11.3. The number of carboxylic acids is 1. The number of aromatic amines is 1. The van der Waals surface area contributed by atoms with E-state index in [1.165, 1.54) is 18.7 Å². The van der Waals surface area contributed by atoms with Gasteiger partial charge < -0.3 is 36.9 Å². The molecule has 2 aromatic rings. The maximum absolute atomic E-state index is 13.0. The molecule has 1 aromatic carbocycles. The minimum absolute atomic E-state index is 0.134. The Morgan fingerprint density at radius 3 is 2.36 bits per heavy atom. The first-order chi connectivity index (χ1) is 17.1. The Bertz CT molecular complexity index is 1060. The van der Waals surface area contributed by atoms with Crippen LogP contribution in [0.2, 0.25) is 0 Å². The van der Waals surface area contributed by atoms with Gasteiger partial charge in [0.1, 0.15) is 18.1 Å². The standard InChI is InChI=1S/C23H33N5O6S2/c1-12(29)19(22(32)26-17(7-8-36-2)21(31)27-18(11-35)23(33)34)28-20(30)15(24)9-13-10-25-16-6-4-3-5-14(13)16/h3-6,10,12,15,17-19,25,29,35H,7-9,11,24H2,1-2H3,(H,26,32)(H,27,31)(H,28,30)(H,33,34). The molecular formula is C23H33N5O6S2. The molecule has 1 aromatic heterocycles. The van der Waals surface area contributed by atoms with Crippen LogP contribution >= 0.6 is 24.4 Å². The number of rotatable bonds is 14. The Morgan fingerprint density at radius 2 is 1.75 bits per heavy atom. The van der Waals surface area contributed by atoms with Crippen LogP contribution in [0.5, 0.6) is 0 Å². The number of aliphatic carboxylic acids is 1. The molecule has 5 atom stereocenters. The summed E-state index contributed by atoms with van der Waals surface area (Å²) in [5.41, 5.74) is 7.83. The lowest BCUT2D eigenvalue weighted by molar-refractivity contribution is -0.141. The van der Waals surface area contributed by atoms with E-state index in [2.05, 4.69) is 33.6 Å². The van der Waals surface area contributed by atoms with E-state index in [0.29, 0.717) is 5.75 Å². The fraction of sp³-hybridized carbons (Fsp3) is 0.478. The molecular weight excluding hydrogens is 506 g/mol. The van der Waals surface area contributed by atoms with Gasteiger partial charge in [-0.15, -0.1) is 0 Å².